The van der Waals surface area contributed by atoms with Gasteiger partial charge in [-0.2, -0.15) is 0 Å². The van der Waals surface area contributed by atoms with E-state index in [0.717, 1.165) is 0 Å². The highest BCUT2D eigenvalue weighted by Gasteiger charge is 2.44. The van der Waals surface area contributed by atoms with Crippen molar-refractivity contribution in [2.45, 2.75) is 17.7 Å². The monoisotopic (exact) mass is 396 g/mol. The predicted molar refractivity (Wildman–Crippen MR) is 98.9 cm³/mol. The van der Waals surface area contributed by atoms with Gasteiger partial charge in [0.05, 0.1) is 11.5 Å². The summed E-state index contributed by atoms with van der Waals surface area (Å²) in [5.41, 5.74) is -0.965. The Balaban J connectivity index is 2.26. The predicted octanol–water partition coefficient (Wildman–Crippen LogP) is 1.10. The molecule has 27 heavy (non-hydrogen) atoms. The van der Waals surface area contributed by atoms with Gasteiger partial charge in [-0.25, -0.2) is 13.1 Å². The van der Waals surface area contributed by atoms with Crippen molar-refractivity contribution in [1.29, 1.82) is 0 Å². The molecule has 0 aromatic heterocycles. The van der Waals surface area contributed by atoms with Crippen molar-refractivity contribution in [2.24, 2.45) is 5.41 Å². The summed E-state index contributed by atoms with van der Waals surface area (Å²) in [6.45, 7) is 3.96. The van der Waals surface area contributed by atoms with Crippen LogP contribution in [0.15, 0.2) is 41.8 Å². The number of rotatable bonds is 8. The van der Waals surface area contributed by atoms with E-state index in [0.29, 0.717) is 19.4 Å². The number of carbonyl (C=O) groups excluding carboxylic acids is 1. The summed E-state index contributed by atoms with van der Waals surface area (Å²) in [5, 5.41) is 9.61. The van der Waals surface area contributed by atoms with E-state index in [1.54, 1.807) is 0 Å². The molecule has 1 aromatic rings. The number of likely N-dealkylation sites (tertiary alicyclic amines) is 1. The molecule has 1 heterocycles. The Morgan fingerprint density at radius 1 is 1.44 bits per heavy atom. The zero-order valence-electron chi connectivity index (χ0n) is 15.2. The Morgan fingerprint density at radius 2 is 2.19 bits per heavy atom. The van der Waals surface area contributed by atoms with Crippen molar-refractivity contribution >= 4 is 21.9 Å². The molecule has 2 rings (SSSR count). The number of nitrogens with zero attached hydrogens (tertiary/aromatic N) is 1. The van der Waals surface area contributed by atoms with Crippen LogP contribution in [0.3, 0.4) is 0 Å². The minimum Gasteiger partial charge on any atom is -0.481 e. The lowest BCUT2D eigenvalue weighted by molar-refractivity contribution is -0.155. The minimum atomic E-state index is -3.76. The van der Waals surface area contributed by atoms with Gasteiger partial charge in [-0.15, -0.1) is 6.58 Å². The molecule has 148 valence electrons. The topological polar surface area (TPSA) is 113 Å². The van der Waals surface area contributed by atoms with Gasteiger partial charge in [0, 0.05) is 32.3 Å². The molecule has 0 radical (unpaired) electrons. The van der Waals surface area contributed by atoms with Crippen molar-refractivity contribution < 1.29 is 27.9 Å². The van der Waals surface area contributed by atoms with Crippen LogP contribution in [0.5, 0.6) is 0 Å². The summed E-state index contributed by atoms with van der Waals surface area (Å²) < 4.78 is 31.9. The van der Waals surface area contributed by atoms with Gasteiger partial charge in [0.2, 0.25) is 10.0 Å². The Labute approximate surface area is 158 Å². The van der Waals surface area contributed by atoms with E-state index in [9.17, 15) is 23.1 Å². The van der Waals surface area contributed by atoms with E-state index >= 15 is 0 Å². The van der Waals surface area contributed by atoms with E-state index in [-0.39, 0.29) is 30.2 Å². The zero-order chi connectivity index (χ0) is 20.1. The lowest BCUT2D eigenvalue weighted by Gasteiger charge is -2.39. The van der Waals surface area contributed by atoms with Crippen molar-refractivity contribution in [3.63, 3.8) is 0 Å². The van der Waals surface area contributed by atoms with Crippen LogP contribution in [0.1, 0.15) is 23.2 Å². The number of piperidine rings is 1. The third kappa shape index (κ3) is 4.74. The number of nitrogens with one attached hydrogen (secondary N) is 1. The molecule has 1 aliphatic rings. The molecule has 1 aliphatic heterocycles. The summed E-state index contributed by atoms with van der Waals surface area (Å²) in [4.78, 5) is 26.0. The summed E-state index contributed by atoms with van der Waals surface area (Å²) in [5.74, 6) is -1.41. The molecule has 0 bridgehead atoms. The third-order valence-electron chi connectivity index (χ3n) is 4.55. The minimum absolute atomic E-state index is 0.00596. The molecule has 9 heteroatoms. The number of benzene rings is 1. The van der Waals surface area contributed by atoms with Crippen LogP contribution < -0.4 is 4.72 Å². The molecule has 0 spiro atoms. The third-order valence-corrected chi connectivity index (χ3v) is 5.97. The average molecular weight is 396 g/mol. The van der Waals surface area contributed by atoms with Crippen LogP contribution in [0.25, 0.3) is 0 Å². The van der Waals surface area contributed by atoms with Gasteiger partial charge in [-0.05, 0) is 31.0 Å². The normalized spacial score (nSPS) is 20.3. The molecule has 0 aliphatic carbocycles. The smallest absolute Gasteiger partial charge is 0.313 e. The molecule has 1 amide bonds. The Bertz CT molecular complexity index is 819. The Kier molecular flexibility index (Phi) is 6.74. The fourth-order valence-electron chi connectivity index (χ4n) is 3.17. The van der Waals surface area contributed by atoms with Crippen LogP contribution in [0.2, 0.25) is 0 Å². The largest absolute Gasteiger partial charge is 0.481 e. The maximum absolute atomic E-state index is 12.9. The standard InChI is InChI=1S/C18H24N2O6S/c1-3-9-19-27(24,25)15-7-4-6-14(11-15)16(21)20-10-5-8-18(12-20,13-26-2)17(22)23/h3-4,6-7,11,19H,1,5,8-10,12-13H2,2H3,(H,22,23). The molecule has 1 unspecified atom stereocenters. The number of sulfonamides is 1. The fraction of sp³-hybridized carbons (Fsp3) is 0.444. The Hall–Kier alpha value is -2.23. The van der Waals surface area contributed by atoms with Gasteiger partial charge in [0.15, 0.2) is 0 Å². The van der Waals surface area contributed by atoms with Gasteiger partial charge in [0.25, 0.3) is 5.91 Å². The van der Waals surface area contributed by atoms with Gasteiger partial charge in [-0.3, -0.25) is 9.59 Å². The number of ether oxygens (including phenoxy) is 1. The van der Waals surface area contributed by atoms with Crippen LogP contribution in [0, 0.1) is 5.41 Å². The quantitative estimate of drug-likeness (QED) is 0.637. The number of methoxy groups -OCH3 is 1. The number of amides is 1. The maximum Gasteiger partial charge on any atom is 0.313 e. The van der Waals surface area contributed by atoms with Crippen molar-refractivity contribution in [2.75, 3.05) is 33.4 Å². The lowest BCUT2D eigenvalue weighted by Crippen LogP contribution is -2.52. The van der Waals surface area contributed by atoms with Gasteiger partial charge in [0.1, 0.15) is 5.41 Å². The van der Waals surface area contributed by atoms with Crippen LogP contribution in [-0.2, 0) is 19.6 Å². The van der Waals surface area contributed by atoms with E-state index in [1.807, 2.05) is 0 Å². The second-order valence-corrected chi connectivity index (χ2v) is 8.28. The molecule has 1 fully saturated rings. The number of carboxylic acid groups (broad SMARTS) is 1. The molecule has 8 nitrogen and oxygen atoms in total. The molecule has 1 saturated heterocycles. The molecule has 0 saturated carbocycles. The molecular formula is C18H24N2O6S. The number of hydrogen-bond donors (Lipinski definition) is 2. The average Bonchev–Trinajstić information content (AvgIpc) is 2.66. The number of carbonyl (C=O) groups is 2. The molecular weight excluding hydrogens is 372 g/mol. The highest BCUT2D eigenvalue weighted by Crippen LogP contribution is 2.31. The van der Waals surface area contributed by atoms with Crippen molar-refractivity contribution in [3.05, 3.63) is 42.5 Å². The van der Waals surface area contributed by atoms with E-state index in [2.05, 4.69) is 11.3 Å². The first kappa shape index (κ1) is 21.1. The lowest BCUT2D eigenvalue weighted by atomic mass is 9.80. The van der Waals surface area contributed by atoms with Gasteiger partial charge in [-0.1, -0.05) is 12.1 Å². The van der Waals surface area contributed by atoms with Crippen molar-refractivity contribution in [3.8, 4) is 0 Å². The number of carboxylic acids is 1. The zero-order valence-corrected chi connectivity index (χ0v) is 16.0. The highest BCUT2D eigenvalue weighted by molar-refractivity contribution is 7.89. The highest BCUT2D eigenvalue weighted by atomic mass is 32.2. The fourth-order valence-corrected chi connectivity index (χ4v) is 4.21. The second kappa shape index (κ2) is 8.64. The molecule has 1 aromatic carbocycles. The number of aliphatic carboxylic acids is 1. The van der Waals surface area contributed by atoms with E-state index in [4.69, 9.17) is 4.74 Å². The first-order valence-electron chi connectivity index (χ1n) is 8.48. The maximum atomic E-state index is 12.9. The second-order valence-electron chi connectivity index (χ2n) is 6.52. The van der Waals surface area contributed by atoms with Crippen molar-refractivity contribution in [1.82, 2.24) is 9.62 Å². The molecule has 1 atom stereocenters. The first-order chi connectivity index (χ1) is 12.8. The van der Waals surface area contributed by atoms with E-state index in [1.165, 1.54) is 42.4 Å². The van der Waals surface area contributed by atoms with Crippen LogP contribution in [0.4, 0.5) is 0 Å². The SMILES string of the molecule is C=CCNS(=O)(=O)c1cccc(C(=O)N2CCCC(COC)(C(=O)O)C2)c1. The first-order valence-corrected chi connectivity index (χ1v) is 9.96. The van der Waals surface area contributed by atoms with E-state index < -0.39 is 27.3 Å². The summed E-state index contributed by atoms with van der Waals surface area (Å²) >= 11 is 0. The van der Waals surface area contributed by atoms with Gasteiger partial charge >= 0.3 is 5.97 Å². The summed E-state index contributed by atoms with van der Waals surface area (Å²) in [7, 11) is -2.33. The Morgan fingerprint density at radius 3 is 2.81 bits per heavy atom. The number of hydrogen-bond acceptors (Lipinski definition) is 5. The molecule has 2 N–H and O–H groups in total. The van der Waals surface area contributed by atoms with Crippen LogP contribution >= 0.6 is 0 Å². The van der Waals surface area contributed by atoms with Crippen LogP contribution in [-0.4, -0.2) is 63.7 Å². The summed E-state index contributed by atoms with van der Waals surface area (Å²) in [6, 6.07) is 5.69. The summed E-state index contributed by atoms with van der Waals surface area (Å²) in [6.07, 6.45) is 2.36. The van der Waals surface area contributed by atoms with Gasteiger partial charge < -0.3 is 14.7 Å².